The Morgan fingerprint density at radius 2 is 1.49 bits per heavy atom. The highest BCUT2D eigenvalue weighted by atomic mass is 32.2. The third-order valence-electron chi connectivity index (χ3n) is 8.67. The first-order chi connectivity index (χ1) is 24.6. The van der Waals surface area contributed by atoms with Crippen LogP contribution in [0.3, 0.4) is 0 Å². The summed E-state index contributed by atoms with van der Waals surface area (Å²) in [5.74, 6) is -1.12. The van der Waals surface area contributed by atoms with E-state index in [4.69, 9.17) is 20.3 Å². The van der Waals surface area contributed by atoms with Crippen LogP contribution >= 0.6 is 11.8 Å². The van der Waals surface area contributed by atoms with Gasteiger partial charge in [0.1, 0.15) is 12.6 Å². The van der Waals surface area contributed by atoms with Gasteiger partial charge in [0.15, 0.2) is 6.10 Å². The van der Waals surface area contributed by atoms with E-state index in [1.165, 1.54) is 76.0 Å². The van der Waals surface area contributed by atoms with Crippen molar-refractivity contribution in [3.63, 3.8) is 0 Å². The minimum Gasteiger partial charge on any atom is -0.481 e. The lowest BCUT2D eigenvalue weighted by Gasteiger charge is -2.22. The zero-order valence-corrected chi connectivity index (χ0v) is 32.7. The molecule has 5 N–H and O–H groups in total. The van der Waals surface area contributed by atoms with Crippen molar-refractivity contribution < 1.29 is 39.2 Å². The molecule has 0 aliphatic carbocycles. The number of aliphatic hydroxyl groups is 2. The van der Waals surface area contributed by atoms with Crippen LogP contribution in [0.4, 0.5) is 0 Å². The first-order valence-corrected chi connectivity index (χ1v) is 20.6. The number of ether oxygens (including phenoxy) is 2. The molecular weight excluding hydrogens is 667 g/mol. The van der Waals surface area contributed by atoms with E-state index in [9.17, 15) is 24.6 Å². The van der Waals surface area contributed by atoms with E-state index in [2.05, 4.69) is 39.0 Å². The summed E-state index contributed by atoms with van der Waals surface area (Å²) in [5.41, 5.74) is 6.09. The number of carboxylic acid groups (broad SMARTS) is 1. The molecule has 0 fully saturated rings. The molecule has 0 aromatic carbocycles. The molecule has 10 heteroatoms. The molecule has 51 heavy (non-hydrogen) atoms. The average Bonchev–Trinajstić information content (AvgIpc) is 3.11. The largest absolute Gasteiger partial charge is 0.481 e. The van der Waals surface area contributed by atoms with Gasteiger partial charge in [0.05, 0.1) is 12.7 Å². The first-order valence-electron chi connectivity index (χ1n) is 19.5. The van der Waals surface area contributed by atoms with Crippen LogP contribution < -0.4 is 5.73 Å². The number of carbonyl (C=O) groups excluding carboxylic acids is 2. The first kappa shape index (κ1) is 48.6. The molecule has 0 saturated carbocycles. The molecule has 0 aromatic heterocycles. The summed E-state index contributed by atoms with van der Waals surface area (Å²) in [6.45, 7) is 5.99. The molecule has 0 rings (SSSR count). The number of carbonyl (C=O) groups is 3. The van der Waals surface area contributed by atoms with Gasteiger partial charge in [-0.05, 0) is 44.4 Å². The fourth-order valence-corrected chi connectivity index (χ4v) is 6.25. The van der Waals surface area contributed by atoms with Crippen molar-refractivity contribution in [1.82, 2.24) is 0 Å². The van der Waals surface area contributed by atoms with Crippen molar-refractivity contribution in [2.75, 3.05) is 19.0 Å². The molecule has 0 aliphatic rings. The van der Waals surface area contributed by atoms with E-state index >= 15 is 0 Å². The van der Waals surface area contributed by atoms with E-state index in [1.807, 2.05) is 18.2 Å². The maximum absolute atomic E-state index is 12.7. The minimum atomic E-state index is -1.05. The number of hydrogen-bond acceptors (Lipinski definition) is 9. The predicted octanol–water partition coefficient (Wildman–Crippen LogP) is 8.62. The summed E-state index contributed by atoms with van der Waals surface area (Å²) >= 11 is 1.26. The van der Waals surface area contributed by atoms with E-state index in [-0.39, 0.29) is 37.6 Å². The number of esters is 2. The maximum Gasteiger partial charge on any atom is 0.324 e. The second-order valence-corrected chi connectivity index (χ2v) is 14.7. The van der Waals surface area contributed by atoms with Crippen LogP contribution in [0.15, 0.2) is 48.6 Å². The molecule has 0 aromatic rings. The molecular formula is C41H71NO8S. The number of nitrogens with two attached hydrogens (primary N) is 1. The molecule has 1 unspecified atom stereocenters. The second kappa shape index (κ2) is 34.7. The number of unbranched alkanes of at least 4 members (excludes halogenated alkanes) is 10. The summed E-state index contributed by atoms with van der Waals surface area (Å²) in [4.78, 5) is 35.8. The van der Waals surface area contributed by atoms with E-state index in [0.29, 0.717) is 6.42 Å². The van der Waals surface area contributed by atoms with Gasteiger partial charge in [-0.2, -0.15) is 0 Å². The van der Waals surface area contributed by atoms with Crippen LogP contribution in [0.1, 0.15) is 143 Å². The average molecular weight is 738 g/mol. The lowest BCUT2D eigenvalue weighted by atomic mass is 9.99. The van der Waals surface area contributed by atoms with Crippen molar-refractivity contribution in [3.05, 3.63) is 48.6 Å². The Morgan fingerprint density at radius 1 is 0.804 bits per heavy atom. The molecule has 0 spiro atoms. The number of aliphatic carboxylic acids is 1. The quantitative estimate of drug-likeness (QED) is 0.0218. The van der Waals surface area contributed by atoms with Crippen LogP contribution in [0, 0.1) is 5.92 Å². The normalized spacial score (nSPS) is 15.1. The van der Waals surface area contributed by atoms with Crippen molar-refractivity contribution in [1.29, 1.82) is 0 Å². The fourth-order valence-electron chi connectivity index (χ4n) is 5.13. The molecule has 0 saturated heterocycles. The lowest BCUT2D eigenvalue weighted by Crippen LogP contribution is -2.40. The van der Waals surface area contributed by atoms with Crippen LogP contribution in [-0.2, 0) is 23.9 Å². The summed E-state index contributed by atoms with van der Waals surface area (Å²) < 4.78 is 10.6. The Balaban J connectivity index is 4.60. The van der Waals surface area contributed by atoms with Gasteiger partial charge in [-0.25, -0.2) is 0 Å². The van der Waals surface area contributed by atoms with Crippen LogP contribution in [0.25, 0.3) is 0 Å². The van der Waals surface area contributed by atoms with Gasteiger partial charge < -0.3 is 30.5 Å². The van der Waals surface area contributed by atoms with Crippen molar-refractivity contribution >= 4 is 29.7 Å². The summed E-state index contributed by atoms with van der Waals surface area (Å²) in [6.07, 6.45) is 31.9. The van der Waals surface area contributed by atoms with Gasteiger partial charge in [-0.1, -0.05) is 140 Å². The van der Waals surface area contributed by atoms with Crippen LogP contribution in [0.2, 0.25) is 0 Å². The minimum absolute atomic E-state index is 0.0479. The SMILES string of the molecule is CCCCC/C=C\C\C=C/C=C/C=C/[C@@H](SC[C@H](N)C(=O)O[C@@H](CO)COC(=O)CCCCCCCCCCC(C)CC)[C@@H](O)CCCC(=O)O. The number of allylic oxidation sites excluding steroid dienone is 7. The molecule has 0 amide bonds. The number of thioether (sulfide) groups is 1. The third kappa shape index (κ3) is 30.9. The fraction of sp³-hybridized carbons (Fsp3) is 0.732. The summed E-state index contributed by atoms with van der Waals surface area (Å²) in [5, 5.41) is 29.0. The van der Waals surface area contributed by atoms with Gasteiger partial charge >= 0.3 is 17.9 Å². The molecule has 0 bridgehead atoms. The van der Waals surface area contributed by atoms with Gasteiger partial charge in [-0.15, -0.1) is 11.8 Å². The van der Waals surface area contributed by atoms with E-state index in [1.54, 1.807) is 12.2 Å². The topological polar surface area (TPSA) is 156 Å². The number of hydrogen-bond donors (Lipinski definition) is 4. The summed E-state index contributed by atoms with van der Waals surface area (Å²) in [7, 11) is 0. The zero-order chi connectivity index (χ0) is 38.0. The maximum atomic E-state index is 12.7. The molecule has 9 nitrogen and oxygen atoms in total. The highest BCUT2D eigenvalue weighted by Crippen LogP contribution is 2.22. The Labute approximate surface area is 313 Å². The zero-order valence-electron chi connectivity index (χ0n) is 31.9. The summed E-state index contributed by atoms with van der Waals surface area (Å²) in [6, 6.07) is -1.05. The Kier molecular flexibility index (Phi) is 33.0. The Hall–Kier alpha value is -2.40. The third-order valence-corrected chi connectivity index (χ3v) is 10.1. The van der Waals surface area contributed by atoms with Crippen molar-refractivity contribution in [2.24, 2.45) is 11.7 Å². The molecule has 0 heterocycles. The molecule has 0 aliphatic heterocycles. The standard InChI is InChI=1S/C41H71NO8S/c1-4-6-7-8-9-10-11-12-13-17-20-23-28-38(37(44)27-25-29-39(45)46)51-33-36(42)41(48)50-35(31-43)32-49-40(47)30-24-21-18-15-14-16-19-22-26-34(3)5-2/h9-10,12-13,17,20,23,28,34-38,43-44H,4-8,11,14-16,18-19,21-22,24-27,29-33,42H2,1-3H3,(H,45,46)/b10-9-,13-12-,20-17+,28-23+/t34?,35-,36-,37-,38+/m0/s1. The van der Waals surface area contributed by atoms with Crippen molar-refractivity contribution in [2.45, 2.75) is 166 Å². The molecule has 0 radical (unpaired) electrons. The lowest BCUT2D eigenvalue weighted by molar-refractivity contribution is -0.162. The molecule has 294 valence electrons. The number of rotatable bonds is 34. The highest BCUT2D eigenvalue weighted by Gasteiger charge is 2.24. The second-order valence-electron chi connectivity index (χ2n) is 13.5. The van der Waals surface area contributed by atoms with Crippen LogP contribution in [-0.4, -0.2) is 75.7 Å². The van der Waals surface area contributed by atoms with Gasteiger partial charge in [-0.3, -0.25) is 14.4 Å². The smallest absolute Gasteiger partial charge is 0.324 e. The Bertz CT molecular complexity index is 998. The monoisotopic (exact) mass is 737 g/mol. The highest BCUT2D eigenvalue weighted by molar-refractivity contribution is 8.00. The van der Waals surface area contributed by atoms with Gasteiger partial charge in [0.25, 0.3) is 0 Å². The van der Waals surface area contributed by atoms with Crippen LogP contribution in [0.5, 0.6) is 0 Å². The molecule has 5 atom stereocenters. The van der Waals surface area contributed by atoms with E-state index in [0.717, 1.165) is 38.0 Å². The van der Waals surface area contributed by atoms with Gasteiger partial charge in [0.2, 0.25) is 0 Å². The van der Waals surface area contributed by atoms with Crippen molar-refractivity contribution in [3.8, 4) is 0 Å². The van der Waals surface area contributed by atoms with E-state index < -0.39 is 42.0 Å². The number of carboxylic acids is 1. The Morgan fingerprint density at radius 3 is 2.16 bits per heavy atom. The van der Waals surface area contributed by atoms with Gasteiger partial charge in [0, 0.05) is 23.8 Å². The number of aliphatic hydroxyl groups excluding tert-OH is 2. The predicted molar refractivity (Wildman–Crippen MR) is 211 cm³/mol.